The molecular weight excluding hydrogens is 482 g/mol. The summed E-state index contributed by atoms with van der Waals surface area (Å²) in [5.74, 6) is 0.627. The van der Waals surface area contributed by atoms with E-state index in [2.05, 4.69) is 15.6 Å². The lowest BCUT2D eigenvalue weighted by atomic mass is 9.94. The van der Waals surface area contributed by atoms with Crippen molar-refractivity contribution in [1.29, 1.82) is 0 Å². The Morgan fingerprint density at radius 2 is 1.71 bits per heavy atom. The summed E-state index contributed by atoms with van der Waals surface area (Å²) in [6.07, 6.45) is 5.24. The van der Waals surface area contributed by atoms with Crippen molar-refractivity contribution < 1.29 is 19.1 Å². The van der Waals surface area contributed by atoms with E-state index in [1.165, 1.54) is 6.42 Å². The van der Waals surface area contributed by atoms with Crippen LogP contribution in [0.5, 0.6) is 11.5 Å². The molecule has 194 valence electrons. The van der Waals surface area contributed by atoms with Gasteiger partial charge in [-0.2, -0.15) is 0 Å². The average molecular weight is 512 g/mol. The number of anilines is 1. The predicted molar refractivity (Wildman–Crippen MR) is 142 cm³/mol. The number of carbonyl (C=O) groups is 2. The molecule has 1 aliphatic carbocycles. The first kappa shape index (κ1) is 24.0. The highest BCUT2D eigenvalue weighted by Gasteiger charge is 2.35. The molecule has 4 aromatic rings. The second-order valence-electron chi connectivity index (χ2n) is 9.69. The van der Waals surface area contributed by atoms with Crippen LogP contribution in [0.2, 0.25) is 0 Å². The van der Waals surface area contributed by atoms with Crippen LogP contribution in [0.25, 0.3) is 11.0 Å². The summed E-state index contributed by atoms with van der Waals surface area (Å²) in [5.41, 5.74) is 2.70. The Morgan fingerprint density at radius 3 is 2.55 bits per heavy atom. The van der Waals surface area contributed by atoms with Crippen LogP contribution in [0, 0.1) is 0 Å². The fourth-order valence-corrected chi connectivity index (χ4v) is 5.29. The van der Waals surface area contributed by atoms with Crippen LogP contribution in [0.4, 0.5) is 5.69 Å². The van der Waals surface area contributed by atoms with Crippen molar-refractivity contribution in [2.45, 2.75) is 50.7 Å². The van der Waals surface area contributed by atoms with Crippen LogP contribution in [-0.2, 0) is 16.1 Å². The number of benzene rings is 3. The maximum absolute atomic E-state index is 14.2. The second-order valence-corrected chi connectivity index (χ2v) is 9.69. The molecule has 1 N–H and O–H groups in total. The Labute approximate surface area is 220 Å². The molecule has 0 bridgehead atoms. The molecule has 1 aromatic heterocycles. The van der Waals surface area contributed by atoms with Crippen LogP contribution >= 0.6 is 0 Å². The van der Waals surface area contributed by atoms with Gasteiger partial charge in [0.1, 0.15) is 18.1 Å². The fourth-order valence-electron chi connectivity index (χ4n) is 5.29. The van der Waals surface area contributed by atoms with E-state index in [1.54, 1.807) is 27.8 Å². The monoisotopic (exact) mass is 511 g/mol. The van der Waals surface area contributed by atoms with E-state index in [0.717, 1.165) is 36.8 Å². The molecule has 0 unspecified atom stereocenters. The minimum Gasteiger partial charge on any atom is -0.454 e. The Kier molecular flexibility index (Phi) is 6.64. The molecule has 0 saturated heterocycles. The minimum absolute atomic E-state index is 0.0883. The van der Waals surface area contributed by atoms with Crippen molar-refractivity contribution in [3.8, 4) is 11.5 Å². The van der Waals surface area contributed by atoms with Gasteiger partial charge in [-0.25, -0.2) is 4.68 Å². The molecular formula is C29H29N5O4. The van der Waals surface area contributed by atoms with E-state index in [-0.39, 0.29) is 31.2 Å². The summed E-state index contributed by atoms with van der Waals surface area (Å²) < 4.78 is 12.7. The maximum atomic E-state index is 14.2. The van der Waals surface area contributed by atoms with Crippen LogP contribution in [0.3, 0.4) is 0 Å². The van der Waals surface area contributed by atoms with Gasteiger partial charge in [0.25, 0.3) is 0 Å². The highest BCUT2D eigenvalue weighted by atomic mass is 16.7. The number of hydrogen-bond donors (Lipinski definition) is 1. The van der Waals surface area contributed by atoms with Crippen molar-refractivity contribution in [3.05, 3.63) is 78.4 Å². The lowest BCUT2D eigenvalue weighted by molar-refractivity contribution is -0.127. The zero-order valence-corrected chi connectivity index (χ0v) is 21.0. The van der Waals surface area contributed by atoms with Gasteiger partial charge < -0.3 is 14.8 Å². The molecule has 1 atom stereocenters. The van der Waals surface area contributed by atoms with Gasteiger partial charge in [0.15, 0.2) is 11.5 Å². The van der Waals surface area contributed by atoms with Crippen molar-refractivity contribution in [2.24, 2.45) is 0 Å². The third-order valence-corrected chi connectivity index (χ3v) is 7.18. The third-order valence-electron chi connectivity index (χ3n) is 7.18. The fraction of sp³-hybridized carbons (Fsp3) is 0.310. The molecule has 0 radical (unpaired) electrons. The van der Waals surface area contributed by atoms with E-state index in [1.807, 2.05) is 54.6 Å². The Morgan fingerprint density at radius 1 is 0.947 bits per heavy atom. The molecule has 9 nitrogen and oxygen atoms in total. The number of nitrogens with zero attached hydrogens (tertiary/aromatic N) is 4. The van der Waals surface area contributed by atoms with Crippen molar-refractivity contribution in [1.82, 2.24) is 20.3 Å². The van der Waals surface area contributed by atoms with Gasteiger partial charge in [-0.3, -0.25) is 14.5 Å². The van der Waals surface area contributed by atoms with E-state index < -0.39 is 6.04 Å². The van der Waals surface area contributed by atoms with Gasteiger partial charge in [-0.1, -0.05) is 66.9 Å². The number of carbonyl (C=O) groups excluding carboxylic acids is 2. The first-order chi connectivity index (χ1) is 18.7. The van der Waals surface area contributed by atoms with E-state index in [4.69, 9.17) is 9.47 Å². The molecule has 1 aliphatic heterocycles. The van der Waals surface area contributed by atoms with Crippen molar-refractivity contribution >= 4 is 28.5 Å². The zero-order valence-electron chi connectivity index (χ0n) is 21.0. The number of fused-ring (bicyclic) bond motifs is 2. The largest absolute Gasteiger partial charge is 0.454 e. The molecule has 1 fully saturated rings. The number of aromatic nitrogens is 3. The molecule has 2 heterocycles. The van der Waals surface area contributed by atoms with Gasteiger partial charge >= 0.3 is 0 Å². The standard InChI is InChI=1S/C29H29N5O4/c35-27(18-33-24-14-8-7-13-23(24)31-32-33)34(22-15-16-25-26(17-22)38-19-37-25)28(20-9-3-1-4-10-20)29(36)30-21-11-5-2-6-12-21/h1,3-4,7-10,13-17,21,28H,2,5-6,11-12,18-19H2,(H,30,36)/t28-/m1/s1. The van der Waals surface area contributed by atoms with Gasteiger partial charge in [-0.15, -0.1) is 5.10 Å². The second kappa shape index (κ2) is 10.5. The normalized spacial score (nSPS) is 15.8. The Hall–Kier alpha value is -4.40. The maximum Gasteiger partial charge on any atom is 0.249 e. The quantitative estimate of drug-likeness (QED) is 0.395. The zero-order chi connectivity index (χ0) is 25.9. The van der Waals surface area contributed by atoms with Gasteiger partial charge in [0.05, 0.1) is 5.52 Å². The van der Waals surface area contributed by atoms with Crippen LogP contribution in [-0.4, -0.2) is 39.6 Å². The van der Waals surface area contributed by atoms with Crippen molar-refractivity contribution in [2.75, 3.05) is 11.7 Å². The van der Waals surface area contributed by atoms with E-state index >= 15 is 0 Å². The predicted octanol–water partition coefficient (Wildman–Crippen LogP) is 4.38. The number of amides is 2. The molecule has 2 amide bonds. The highest BCUT2D eigenvalue weighted by Crippen LogP contribution is 2.38. The topological polar surface area (TPSA) is 98.6 Å². The molecule has 38 heavy (non-hydrogen) atoms. The molecule has 6 rings (SSSR count). The first-order valence-corrected chi connectivity index (χ1v) is 13.0. The summed E-state index contributed by atoms with van der Waals surface area (Å²) in [6, 6.07) is 21.4. The van der Waals surface area contributed by atoms with Crippen LogP contribution in [0.15, 0.2) is 72.8 Å². The molecule has 0 spiro atoms. The lowest BCUT2D eigenvalue weighted by Crippen LogP contribution is -2.48. The molecule has 1 saturated carbocycles. The molecule has 3 aromatic carbocycles. The van der Waals surface area contributed by atoms with Crippen LogP contribution < -0.4 is 19.7 Å². The summed E-state index contributed by atoms with van der Waals surface area (Å²) in [4.78, 5) is 29.7. The summed E-state index contributed by atoms with van der Waals surface area (Å²) in [7, 11) is 0. The highest BCUT2D eigenvalue weighted by molar-refractivity contribution is 6.02. The first-order valence-electron chi connectivity index (χ1n) is 13.0. The lowest BCUT2D eigenvalue weighted by Gasteiger charge is -2.33. The van der Waals surface area contributed by atoms with E-state index in [9.17, 15) is 9.59 Å². The number of rotatable bonds is 7. The minimum atomic E-state index is -0.888. The Bertz CT molecular complexity index is 1450. The number of hydrogen-bond acceptors (Lipinski definition) is 6. The average Bonchev–Trinajstić information content (AvgIpc) is 3.59. The van der Waals surface area contributed by atoms with E-state index in [0.29, 0.717) is 22.7 Å². The SMILES string of the molecule is O=C(NC1CCCCC1)[C@@H](c1ccccc1)N(C(=O)Cn1nnc2ccccc21)c1ccc2c(c1)OCO2. The third kappa shape index (κ3) is 4.79. The number of ether oxygens (including phenoxy) is 2. The van der Waals surface area contributed by atoms with Gasteiger partial charge in [-0.05, 0) is 42.7 Å². The number of para-hydroxylation sites is 1. The summed E-state index contributed by atoms with van der Waals surface area (Å²) in [5, 5.41) is 11.6. The van der Waals surface area contributed by atoms with Gasteiger partial charge in [0, 0.05) is 17.8 Å². The van der Waals surface area contributed by atoms with Gasteiger partial charge in [0.2, 0.25) is 18.6 Å². The Balaban J connectivity index is 1.41. The van der Waals surface area contributed by atoms with Crippen molar-refractivity contribution in [3.63, 3.8) is 0 Å². The van der Waals surface area contributed by atoms with Crippen LogP contribution in [0.1, 0.15) is 43.7 Å². The summed E-state index contributed by atoms with van der Waals surface area (Å²) >= 11 is 0. The molecule has 9 heteroatoms. The summed E-state index contributed by atoms with van der Waals surface area (Å²) in [6.45, 7) is 0.0248. The number of nitrogens with one attached hydrogen (secondary N) is 1. The smallest absolute Gasteiger partial charge is 0.249 e. The molecule has 2 aliphatic rings.